The second kappa shape index (κ2) is 5.18. The van der Waals surface area contributed by atoms with Gasteiger partial charge in [0, 0.05) is 28.9 Å². The molecule has 3 N–H and O–H groups in total. The highest BCUT2D eigenvalue weighted by Gasteiger charge is 2.36. The molecule has 98 valence electrons. The van der Waals surface area contributed by atoms with Crippen LogP contribution in [0.3, 0.4) is 0 Å². The Labute approximate surface area is 112 Å². The van der Waals surface area contributed by atoms with Crippen molar-refractivity contribution in [3.05, 3.63) is 23.5 Å². The molecule has 1 aromatic heterocycles. The van der Waals surface area contributed by atoms with Gasteiger partial charge in [0.05, 0.1) is 5.56 Å². The van der Waals surface area contributed by atoms with Gasteiger partial charge < -0.3 is 11.1 Å². The number of carbonyl (C=O) groups is 1. The first-order chi connectivity index (χ1) is 8.56. The number of amides is 1. The molecule has 4 nitrogen and oxygen atoms in total. The molecule has 0 radical (unpaired) electrons. The van der Waals surface area contributed by atoms with Crippen LogP contribution in [0.2, 0.25) is 0 Å². The lowest BCUT2D eigenvalue weighted by Gasteiger charge is -2.40. The van der Waals surface area contributed by atoms with Crippen molar-refractivity contribution in [3.63, 3.8) is 0 Å². The Balaban J connectivity index is 1.99. The van der Waals surface area contributed by atoms with Crippen LogP contribution < -0.4 is 11.1 Å². The Hall–Kier alpha value is -1.23. The van der Waals surface area contributed by atoms with Gasteiger partial charge in [-0.15, -0.1) is 0 Å². The number of nitrogen functional groups attached to an aromatic ring is 1. The van der Waals surface area contributed by atoms with Gasteiger partial charge in [0.15, 0.2) is 0 Å². The summed E-state index contributed by atoms with van der Waals surface area (Å²) >= 11 is 1.84. The number of carbonyl (C=O) groups excluding carboxylic acids is 1. The predicted molar refractivity (Wildman–Crippen MR) is 75.8 cm³/mol. The van der Waals surface area contributed by atoms with Crippen molar-refractivity contribution >= 4 is 23.4 Å². The fourth-order valence-corrected chi connectivity index (χ4v) is 3.04. The van der Waals surface area contributed by atoms with E-state index in [2.05, 4.69) is 16.6 Å². The van der Waals surface area contributed by atoms with E-state index in [9.17, 15) is 4.79 Å². The molecule has 18 heavy (non-hydrogen) atoms. The van der Waals surface area contributed by atoms with Crippen molar-refractivity contribution in [2.75, 3.05) is 18.5 Å². The summed E-state index contributed by atoms with van der Waals surface area (Å²) in [5.41, 5.74) is 7.62. The first-order valence-electron chi connectivity index (χ1n) is 6.12. The molecule has 1 aromatic rings. The number of aryl methyl sites for hydroxylation is 1. The third kappa shape index (κ3) is 2.61. The molecule has 5 heteroatoms. The van der Waals surface area contributed by atoms with Crippen molar-refractivity contribution in [1.29, 1.82) is 0 Å². The van der Waals surface area contributed by atoms with Crippen molar-refractivity contribution in [3.8, 4) is 0 Å². The Morgan fingerprint density at radius 2 is 2.33 bits per heavy atom. The van der Waals surface area contributed by atoms with E-state index in [1.807, 2.05) is 18.7 Å². The number of aromatic nitrogens is 1. The monoisotopic (exact) mass is 265 g/mol. The molecule has 1 aliphatic rings. The van der Waals surface area contributed by atoms with Crippen LogP contribution in [0.25, 0.3) is 0 Å². The molecule has 1 amide bonds. The topological polar surface area (TPSA) is 68.0 Å². The number of pyridine rings is 1. The molecule has 0 spiro atoms. The number of rotatable bonds is 4. The SMILES string of the molecule is CSC1(CNC(=O)c2cnc(C)cc2N)CCC1. The predicted octanol–water partition coefficient (Wildman–Crippen LogP) is 1.99. The van der Waals surface area contributed by atoms with Gasteiger partial charge in [0.2, 0.25) is 0 Å². The molecule has 0 aromatic carbocycles. The summed E-state index contributed by atoms with van der Waals surface area (Å²) in [7, 11) is 0. The second-order valence-electron chi connectivity index (χ2n) is 4.84. The molecular weight excluding hydrogens is 246 g/mol. The minimum absolute atomic E-state index is 0.125. The smallest absolute Gasteiger partial charge is 0.254 e. The zero-order valence-electron chi connectivity index (χ0n) is 10.8. The van der Waals surface area contributed by atoms with Crippen LogP contribution in [0, 0.1) is 6.92 Å². The highest BCUT2D eigenvalue weighted by molar-refractivity contribution is 8.00. The molecule has 1 saturated carbocycles. The van der Waals surface area contributed by atoms with Gasteiger partial charge >= 0.3 is 0 Å². The molecule has 0 saturated heterocycles. The molecule has 1 fully saturated rings. The first kappa shape index (κ1) is 13.2. The Kier molecular flexibility index (Phi) is 3.80. The highest BCUT2D eigenvalue weighted by Crippen LogP contribution is 2.42. The zero-order chi connectivity index (χ0) is 13.2. The summed E-state index contributed by atoms with van der Waals surface area (Å²) in [6, 6.07) is 1.72. The quantitative estimate of drug-likeness (QED) is 0.873. The molecule has 1 heterocycles. The van der Waals surface area contributed by atoms with E-state index in [-0.39, 0.29) is 10.7 Å². The van der Waals surface area contributed by atoms with Crippen LogP contribution in [0.1, 0.15) is 35.3 Å². The van der Waals surface area contributed by atoms with Gasteiger partial charge in [-0.05, 0) is 32.1 Å². The summed E-state index contributed by atoms with van der Waals surface area (Å²) in [4.78, 5) is 16.2. The lowest BCUT2D eigenvalue weighted by atomic mass is 9.84. The van der Waals surface area contributed by atoms with Gasteiger partial charge in [-0.2, -0.15) is 11.8 Å². The van der Waals surface area contributed by atoms with Crippen molar-refractivity contribution in [2.24, 2.45) is 0 Å². The van der Waals surface area contributed by atoms with E-state index in [1.165, 1.54) is 19.3 Å². The molecular formula is C13H19N3OS. The van der Waals surface area contributed by atoms with Gasteiger partial charge in [0.25, 0.3) is 5.91 Å². The molecule has 0 unspecified atom stereocenters. The number of anilines is 1. The Bertz CT molecular complexity index is 452. The van der Waals surface area contributed by atoms with Crippen molar-refractivity contribution < 1.29 is 4.79 Å². The number of thioether (sulfide) groups is 1. The summed E-state index contributed by atoms with van der Waals surface area (Å²) in [5.74, 6) is -0.125. The summed E-state index contributed by atoms with van der Waals surface area (Å²) in [6.45, 7) is 2.56. The maximum absolute atomic E-state index is 12.0. The van der Waals surface area contributed by atoms with E-state index < -0.39 is 0 Å². The minimum Gasteiger partial charge on any atom is -0.398 e. The van der Waals surface area contributed by atoms with Crippen molar-refractivity contribution in [2.45, 2.75) is 30.9 Å². The molecule has 2 rings (SSSR count). The zero-order valence-corrected chi connectivity index (χ0v) is 11.6. The number of nitrogens with two attached hydrogens (primary N) is 1. The van der Waals surface area contributed by atoms with E-state index in [0.717, 1.165) is 5.69 Å². The van der Waals surface area contributed by atoms with Crippen LogP contribution >= 0.6 is 11.8 Å². The molecule has 1 aliphatic carbocycles. The third-order valence-corrected chi connectivity index (χ3v) is 5.00. The lowest BCUT2D eigenvalue weighted by molar-refractivity contribution is 0.0944. The Morgan fingerprint density at radius 3 is 2.83 bits per heavy atom. The van der Waals surface area contributed by atoms with Gasteiger partial charge in [-0.3, -0.25) is 9.78 Å². The highest BCUT2D eigenvalue weighted by atomic mass is 32.2. The van der Waals surface area contributed by atoms with Crippen LogP contribution in [-0.4, -0.2) is 28.4 Å². The number of hydrogen-bond donors (Lipinski definition) is 2. The van der Waals surface area contributed by atoms with Crippen LogP contribution in [0.5, 0.6) is 0 Å². The second-order valence-corrected chi connectivity index (χ2v) is 6.11. The first-order valence-corrected chi connectivity index (χ1v) is 7.34. The molecule has 0 bridgehead atoms. The van der Waals surface area contributed by atoms with Gasteiger partial charge in [-0.1, -0.05) is 6.42 Å². The fourth-order valence-electron chi connectivity index (χ4n) is 2.13. The van der Waals surface area contributed by atoms with E-state index in [1.54, 1.807) is 12.3 Å². The fraction of sp³-hybridized carbons (Fsp3) is 0.538. The van der Waals surface area contributed by atoms with Crippen LogP contribution in [0.4, 0.5) is 5.69 Å². The van der Waals surface area contributed by atoms with Crippen LogP contribution in [-0.2, 0) is 0 Å². The number of hydrogen-bond acceptors (Lipinski definition) is 4. The maximum atomic E-state index is 12.0. The largest absolute Gasteiger partial charge is 0.398 e. The van der Waals surface area contributed by atoms with E-state index in [4.69, 9.17) is 5.73 Å². The normalized spacial score (nSPS) is 17.0. The summed E-state index contributed by atoms with van der Waals surface area (Å²) < 4.78 is 0.239. The average Bonchev–Trinajstić information content (AvgIpc) is 2.27. The Morgan fingerprint density at radius 1 is 1.61 bits per heavy atom. The van der Waals surface area contributed by atoms with Crippen molar-refractivity contribution in [1.82, 2.24) is 10.3 Å². The van der Waals surface area contributed by atoms with Gasteiger partial charge in [-0.25, -0.2) is 0 Å². The van der Waals surface area contributed by atoms with E-state index >= 15 is 0 Å². The molecule has 0 atom stereocenters. The van der Waals surface area contributed by atoms with Crippen LogP contribution in [0.15, 0.2) is 12.3 Å². The summed E-state index contributed by atoms with van der Waals surface area (Å²) in [5, 5.41) is 2.97. The standard InChI is InChI=1S/C13H19N3OS/c1-9-6-11(14)10(7-15-9)12(17)16-8-13(18-2)4-3-5-13/h6-7H,3-5,8H2,1-2H3,(H2,14,15)(H,16,17). The average molecular weight is 265 g/mol. The van der Waals surface area contributed by atoms with E-state index in [0.29, 0.717) is 17.8 Å². The maximum Gasteiger partial charge on any atom is 0.254 e. The third-order valence-electron chi connectivity index (χ3n) is 3.59. The minimum atomic E-state index is -0.125. The summed E-state index contributed by atoms with van der Waals surface area (Å²) in [6.07, 6.45) is 7.26. The molecule has 0 aliphatic heterocycles. The number of nitrogens with zero attached hydrogens (tertiary/aromatic N) is 1. The van der Waals surface area contributed by atoms with Gasteiger partial charge in [0.1, 0.15) is 0 Å². The lowest BCUT2D eigenvalue weighted by Crippen LogP contribution is -2.45. The number of nitrogens with one attached hydrogen (secondary N) is 1.